The lowest BCUT2D eigenvalue weighted by Crippen LogP contribution is -2.37. The lowest BCUT2D eigenvalue weighted by Gasteiger charge is -2.20. The second-order valence-electron chi connectivity index (χ2n) is 5.30. The topological polar surface area (TPSA) is 91.2 Å². The van der Waals surface area contributed by atoms with Crippen molar-refractivity contribution in [2.24, 2.45) is 0 Å². The van der Waals surface area contributed by atoms with E-state index in [2.05, 4.69) is 20.4 Å². The van der Waals surface area contributed by atoms with Crippen LogP contribution in [0.2, 0.25) is 0 Å². The predicted octanol–water partition coefficient (Wildman–Crippen LogP) is 0.718. The van der Waals surface area contributed by atoms with Gasteiger partial charge in [0.15, 0.2) is 0 Å². The Hall–Kier alpha value is -2.48. The van der Waals surface area contributed by atoms with Crippen LogP contribution in [-0.4, -0.2) is 45.4 Å². The third kappa shape index (κ3) is 3.84. The van der Waals surface area contributed by atoms with E-state index in [-0.39, 0.29) is 18.1 Å². The fraction of sp³-hybridized carbons (Fsp3) is 0.467. The number of ether oxygens (including phenoxy) is 2. The first-order valence-electron chi connectivity index (χ1n) is 7.49. The zero-order chi connectivity index (χ0) is 16.1. The summed E-state index contributed by atoms with van der Waals surface area (Å²) >= 11 is 0. The smallest absolute Gasteiger partial charge is 0.222 e. The quantitative estimate of drug-likeness (QED) is 0.844. The van der Waals surface area contributed by atoms with Crippen LogP contribution in [0, 0.1) is 0 Å². The van der Waals surface area contributed by atoms with Crippen molar-refractivity contribution in [1.82, 2.24) is 25.1 Å². The Kier molecular flexibility index (Phi) is 4.82. The number of pyridine rings is 1. The van der Waals surface area contributed by atoms with Gasteiger partial charge in [0.25, 0.3) is 0 Å². The van der Waals surface area contributed by atoms with Gasteiger partial charge in [0.2, 0.25) is 11.8 Å². The SMILES string of the molecule is COc1ccc([C@H]2OCC[C@@H]2NC(=O)CCn2cncn2)cn1. The van der Waals surface area contributed by atoms with Crippen molar-refractivity contribution < 1.29 is 14.3 Å². The average Bonchev–Trinajstić information content (AvgIpc) is 3.25. The Balaban J connectivity index is 1.56. The van der Waals surface area contributed by atoms with E-state index in [1.54, 1.807) is 30.4 Å². The van der Waals surface area contributed by atoms with Gasteiger partial charge in [0.05, 0.1) is 19.7 Å². The maximum atomic E-state index is 12.1. The molecular formula is C15H19N5O3. The third-order valence-electron chi connectivity index (χ3n) is 3.77. The van der Waals surface area contributed by atoms with E-state index in [9.17, 15) is 4.79 Å². The van der Waals surface area contributed by atoms with E-state index in [0.29, 0.717) is 25.5 Å². The van der Waals surface area contributed by atoms with Gasteiger partial charge in [0.1, 0.15) is 18.8 Å². The predicted molar refractivity (Wildman–Crippen MR) is 80.7 cm³/mol. The van der Waals surface area contributed by atoms with E-state index in [1.165, 1.54) is 6.33 Å². The average molecular weight is 317 g/mol. The molecule has 0 saturated carbocycles. The molecule has 2 atom stereocenters. The van der Waals surface area contributed by atoms with Crippen LogP contribution in [-0.2, 0) is 16.1 Å². The summed E-state index contributed by atoms with van der Waals surface area (Å²) in [4.78, 5) is 20.2. The molecule has 8 heteroatoms. The number of carbonyl (C=O) groups excluding carboxylic acids is 1. The number of hydrogen-bond acceptors (Lipinski definition) is 6. The second kappa shape index (κ2) is 7.19. The first-order chi connectivity index (χ1) is 11.3. The summed E-state index contributed by atoms with van der Waals surface area (Å²) in [6.45, 7) is 1.12. The summed E-state index contributed by atoms with van der Waals surface area (Å²) in [6.07, 6.45) is 5.74. The Labute approximate surface area is 133 Å². The Morgan fingerprint density at radius 3 is 3.13 bits per heavy atom. The van der Waals surface area contributed by atoms with Crippen molar-refractivity contribution in [3.8, 4) is 5.88 Å². The van der Waals surface area contributed by atoms with Crippen LogP contribution >= 0.6 is 0 Å². The van der Waals surface area contributed by atoms with Crippen LogP contribution < -0.4 is 10.1 Å². The largest absolute Gasteiger partial charge is 0.481 e. The first-order valence-corrected chi connectivity index (χ1v) is 7.49. The van der Waals surface area contributed by atoms with Crippen molar-refractivity contribution >= 4 is 5.91 Å². The molecule has 1 N–H and O–H groups in total. The Morgan fingerprint density at radius 2 is 2.43 bits per heavy atom. The van der Waals surface area contributed by atoms with Gasteiger partial charge >= 0.3 is 0 Å². The second-order valence-corrected chi connectivity index (χ2v) is 5.30. The molecule has 0 spiro atoms. The number of carbonyl (C=O) groups is 1. The Morgan fingerprint density at radius 1 is 1.52 bits per heavy atom. The van der Waals surface area contributed by atoms with Crippen LogP contribution in [0.4, 0.5) is 0 Å². The minimum atomic E-state index is -0.177. The number of amides is 1. The summed E-state index contributed by atoms with van der Waals surface area (Å²) in [5.74, 6) is 0.530. The van der Waals surface area contributed by atoms with Gasteiger partial charge in [-0.2, -0.15) is 5.10 Å². The zero-order valence-corrected chi connectivity index (χ0v) is 12.9. The maximum absolute atomic E-state index is 12.1. The molecule has 1 aliphatic heterocycles. The normalized spacial score (nSPS) is 20.4. The molecule has 0 aliphatic carbocycles. The molecule has 1 saturated heterocycles. The molecule has 1 amide bonds. The minimum absolute atomic E-state index is 0.0255. The molecule has 3 rings (SSSR count). The van der Waals surface area contributed by atoms with Crippen molar-refractivity contribution in [2.45, 2.75) is 31.5 Å². The van der Waals surface area contributed by atoms with Gasteiger partial charge in [0, 0.05) is 30.9 Å². The molecule has 0 bridgehead atoms. The number of nitrogens with zero attached hydrogens (tertiary/aromatic N) is 4. The summed E-state index contributed by atoms with van der Waals surface area (Å²) in [5.41, 5.74) is 0.935. The highest BCUT2D eigenvalue weighted by atomic mass is 16.5. The van der Waals surface area contributed by atoms with E-state index in [0.717, 1.165) is 12.0 Å². The summed E-state index contributed by atoms with van der Waals surface area (Å²) < 4.78 is 12.4. The number of aromatic nitrogens is 4. The zero-order valence-electron chi connectivity index (χ0n) is 12.9. The van der Waals surface area contributed by atoms with Gasteiger partial charge in [-0.05, 0) is 12.5 Å². The van der Waals surface area contributed by atoms with Gasteiger partial charge in [-0.25, -0.2) is 9.97 Å². The van der Waals surface area contributed by atoms with Gasteiger partial charge in [-0.1, -0.05) is 0 Å². The monoisotopic (exact) mass is 317 g/mol. The molecule has 0 unspecified atom stereocenters. The van der Waals surface area contributed by atoms with E-state index >= 15 is 0 Å². The number of nitrogens with one attached hydrogen (secondary N) is 1. The summed E-state index contributed by atoms with van der Waals surface area (Å²) in [6, 6.07) is 3.66. The van der Waals surface area contributed by atoms with E-state index < -0.39 is 0 Å². The molecule has 3 heterocycles. The van der Waals surface area contributed by atoms with Crippen molar-refractivity contribution in [2.75, 3.05) is 13.7 Å². The van der Waals surface area contributed by atoms with Crippen LogP contribution in [0.25, 0.3) is 0 Å². The standard InChI is InChI=1S/C15H19N5O3/c1-22-14-3-2-11(8-17-14)15-12(5-7-23-15)19-13(21)4-6-20-10-16-9-18-20/h2-3,8-10,12,15H,4-7H2,1H3,(H,19,21)/t12-,15+/m0/s1. The molecule has 2 aromatic heterocycles. The van der Waals surface area contributed by atoms with Crippen molar-refractivity contribution in [3.63, 3.8) is 0 Å². The molecule has 8 nitrogen and oxygen atoms in total. The first kappa shape index (κ1) is 15.4. The Bertz CT molecular complexity index is 629. The molecule has 2 aromatic rings. The summed E-state index contributed by atoms with van der Waals surface area (Å²) in [7, 11) is 1.58. The van der Waals surface area contributed by atoms with E-state index in [4.69, 9.17) is 9.47 Å². The minimum Gasteiger partial charge on any atom is -0.481 e. The lowest BCUT2D eigenvalue weighted by molar-refractivity contribution is -0.122. The summed E-state index contributed by atoms with van der Waals surface area (Å²) in [5, 5.41) is 7.01. The molecular weight excluding hydrogens is 298 g/mol. The molecule has 1 aliphatic rings. The molecule has 0 aromatic carbocycles. The van der Waals surface area contributed by atoms with Crippen molar-refractivity contribution in [3.05, 3.63) is 36.5 Å². The number of rotatable bonds is 6. The lowest BCUT2D eigenvalue weighted by atomic mass is 10.0. The fourth-order valence-electron chi connectivity index (χ4n) is 2.59. The van der Waals surface area contributed by atoms with Gasteiger partial charge < -0.3 is 14.8 Å². The molecule has 1 fully saturated rings. The van der Waals surface area contributed by atoms with Crippen molar-refractivity contribution in [1.29, 1.82) is 0 Å². The number of aryl methyl sites for hydroxylation is 1. The third-order valence-corrected chi connectivity index (χ3v) is 3.77. The fourth-order valence-corrected chi connectivity index (χ4v) is 2.59. The molecule has 0 radical (unpaired) electrons. The highest BCUT2D eigenvalue weighted by Gasteiger charge is 2.31. The molecule has 23 heavy (non-hydrogen) atoms. The highest BCUT2D eigenvalue weighted by molar-refractivity contribution is 5.76. The number of methoxy groups -OCH3 is 1. The number of hydrogen-bond donors (Lipinski definition) is 1. The maximum Gasteiger partial charge on any atom is 0.222 e. The van der Waals surface area contributed by atoms with Gasteiger partial charge in [-0.15, -0.1) is 0 Å². The van der Waals surface area contributed by atoms with Gasteiger partial charge in [-0.3, -0.25) is 9.48 Å². The highest BCUT2D eigenvalue weighted by Crippen LogP contribution is 2.29. The van der Waals surface area contributed by atoms with Crippen LogP contribution in [0.1, 0.15) is 24.5 Å². The van der Waals surface area contributed by atoms with E-state index in [1.807, 2.05) is 6.07 Å². The molecule has 122 valence electrons. The van der Waals surface area contributed by atoms with Crippen LogP contribution in [0.5, 0.6) is 5.88 Å². The van der Waals surface area contributed by atoms with Crippen LogP contribution in [0.3, 0.4) is 0 Å². The van der Waals surface area contributed by atoms with Crippen LogP contribution in [0.15, 0.2) is 31.0 Å².